The molecule has 1 aromatic carbocycles. The summed E-state index contributed by atoms with van der Waals surface area (Å²) in [4.78, 5) is 25.2. The summed E-state index contributed by atoms with van der Waals surface area (Å²) in [5.74, 6) is 0.532. The quantitative estimate of drug-likeness (QED) is 0.555. The van der Waals surface area contributed by atoms with Crippen LogP contribution < -0.4 is 10.6 Å². The zero-order valence-electron chi connectivity index (χ0n) is 15.0. The highest BCUT2D eigenvalue weighted by Gasteiger charge is 2.28. The molecule has 1 aliphatic rings. The second-order valence-electron chi connectivity index (χ2n) is 6.50. The van der Waals surface area contributed by atoms with E-state index in [-0.39, 0.29) is 11.4 Å². The van der Waals surface area contributed by atoms with E-state index in [1.54, 1.807) is 12.1 Å². The molecular weight excluding hydrogens is 320 g/mol. The molecule has 0 aliphatic carbocycles. The van der Waals surface area contributed by atoms with E-state index in [4.69, 9.17) is 0 Å². The molecule has 0 radical (unpaired) electrons. The molecule has 1 heterocycles. The van der Waals surface area contributed by atoms with Gasteiger partial charge >= 0.3 is 6.03 Å². The Hall–Kier alpha value is -2.15. The van der Waals surface area contributed by atoms with Crippen molar-refractivity contribution in [1.82, 2.24) is 10.2 Å². The van der Waals surface area contributed by atoms with Crippen LogP contribution in [0.4, 0.5) is 16.2 Å². The van der Waals surface area contributed by atoms with Crippen molar-refractivity contribution in [3.8, 4) is 0 Å². The second kappa shape index (κ2) is 9.36. The Balaban J connectivity index is 1.97. The topological polar surface area (TPSA) is 87.5 Å². The monoisotopic (exact) mass is 348 g/mol. The molecule has 138 valence electrons. The van der Waals surface area contributed by atoms with E-state index < -0.39 is 11.0 Å². The fourth-order valence-corrected chi connectivity index (χ4v) is 3.60. The largest absolute Gasteiger partial charge is 0.336 e. The maximum atomic E-state index is 12.2. The number of nitro benzene ring substituents is 1. The van der Waals surface area contributed by atoms with Crippen LogP contribution in [0.15, 0.2) is 24.3 Å². The molecule has 7 nitrogen and oxygen atoms in total. The number of hydrogen-bond donors (Lipinski definition) is 2. The van der Waals surface area contributed by atoms with Gasteiger partial charge in [0.1, 0.15) is 5.69 Å². The highest BCUT2D eigenvalue weighted by Crippen LogP contribution is 2.24. The lowest BCUT2D eigenvalue weighted by atomic mass is 9.93. The minimum absolute atomic E-state index is 0.103. The van der Waals surface area contributed by atoms with Gasteiger partial charge in [0.2, 0.25) is 0 Å². The number of rotatable bonds is 8. The standard InChI is InChI=1S/C18H28N4O3/c1-3-14(4-2)17(21-11-7-8-12-21)13-19-18(23)20-15-9-5-6-10-16(15)22(24)25/h5-6,9-10,14,17H,3-4,7-8,11-13H2,1-2H3,(H2,19,20,23)/t17-/m1/s1. The summed E-state index contributed by atoms with van der Waals surface area (Å²) < 4.78 is 0. The third kappa shape index (κ3) is 5.16. The molecule has 0 saturated carbocycles. The first-order valence-electron chi connectivity index (χ1n) is 9.09. The van der Waals surface area contributed by atoms with E-state index in [0.717, 1.165) is 25.9 Å². The van der Waals surface area contributed by atoms with E-state index in [2.05, 4.69) is 29.4 Å². The number of nitrogens with zero attached hydrogens (tertiary/aromatic N) is 2. The number of urea groups is 1. The van der Waals surface area contributed by atoms with Crippen LogP contribution >= 0.6 is 0 Å². The molecule has 0 aromatic heterocycles. The Kier molecular flexibility index (Phi) is 7.18. The smallest absolute Gasteiger partial charge is 0.319 e. The molecule has 2 N–H and O–H groups in total. The summed E-state index contributed by atoms with van der Waals surface area (Å²) in [6.45, 7) is 7.08. The van der Waals surface area contributed by atoms with Gasteiger partial charge in [0, 0.05) is 18.7 Å². The summed E-state index contributed by atoms with van der Waals surface area (Å²) in [6, 6.07) is 6.08. The number of carbonyl (C=O) groups is 1. The van der Waals surface area contributed by atoms with E-state index in [9.17, 15) is 14.9 Å². The molecule has 1 aliphatic heterocycles. The Morgan fingerprint density at radius 1 is 1.24 bits per heavy atom. The van der Waals surface area contributed by atoms with Gasteiger partial charge in [0.05, 0.1) is 4.92 Å². The van der Waals surface area contributed by atoms with Gasteiger partial charge in [-0.3, -0.25) is 15.0 Å². The number of benzene rings is 1. The van der Waals surface area contributed by atoms with Crippen molar-refractivity contribution in [3.63, 3.8) is 0 Å². The molecule has 1 aromatic rings. The number of anilines is 1. The van der Waals surface area contributed by atoms with E-state index >= 15 is 0 Å². The van der Waals surface area contributed by atoms with E-state index in [1.165, 1.54) is 25.0 Å². The average molecular weight is 348 g/mol. The molecule has 1 saturated heterocycles. The van der Waals surface area contributed by atoms with Gasteiger partial charge in [-0.15, -0.1) is 0 Å². The van der Waals surface area contributed by atoms with Gasteiger partial charge in [-0.05, 0) is 37.9 Å². The van der Waals surface area contributed by atoms with Crippen molar-refractivity contribution in [2.45, 2.75) is 45.6 Å². The molecule has 0 spiro atoms. The Morgan fingerprint density at radius 2 is 1.88 bits per heavy atom. The fraction of sp³-hybridized carbons (Fsp3) is 0.611. The number of likely N-dealkylation sites (tertiary alicyclic amines) is 1. The molecule has 2 amide bonds. The van der Waals surface area contributed by atoms with Gasteiger partial charge in [0.15, 0.2) is 0 Å². The van der Waals surface area contributed by atoms with E-state index in [0.29, 0.717) is 18.5 Å². The lowest BCUT2D eigenvalue weighted by molar-refractivity contribution is -0.383. The minimum atomic E-state index is -0.493. The Bertz CT molecular complexity index is 581. The molecule has 1 fully saturated rings. The minimum Gasteiger partial charge on any atom is -0.336 e. The van der Waals surface area contributed by atoms with Crippen molar-refractivity contribution < 1.29 is 9.72 Å². The maximum Gasteiger partial charge on any atom is 0.319 e. The molecule has 0 unspecified atom stereocenters. The first-order chi connectivity index (χ1) is 12.1. The van der Waals surface area contributed by atoms with Gasteiger partial charge in [-0.1, -0.05) is 38.8 Å². The first kappa shape index (κ1) is 19.2. The predicted octanol–water partition coefficient (Wildman–Crippen LogP) is 3.62. The molecular formula is C18H28N4O3. The second-order valence-corrected chi connectivity index (χ2v) is 6.50. The van der Waals surface area contributed by atoms with Crippen LogP contribution in [0.5, 0.6) is 0 Å². The maximum absolute atomic E-state index is 12.2. The summed E-state index contributed by atoms with van der Waals surface area (Å²) in [6.07, 6.45) is 4.56. The molecule has 2 rings (SSSR count). The van der Waals surface area contributed by atoms with Crippen molar-refractivity contribution in [3.05, 3.63) is 34.4 Å². The van der Waals surface area contributed by atoms with Gasteiger partial charge in [0.25, 0.3) is 5.69 Å². The number of nitro groups is 1. The summed E-state index contributed by atoms with van der Waals surface area (Å²) in [5, 5.41) is 16.5. The van der Waals surface area contributed by atoms with Crippen LogP contribution in [-0.4, -0.2) is 41.5 Å². The Morgan fingerprint density at radius 3 is 2.48 bits per heavy atom. The molecule has 7 heteroatoms. The van der Waals surface area contributed by atoms with E-state index in [1.807, 2.05) is 0 Å². The van der Waals surface area contributed by atoms with Crippen molar-refractivity contribution in [2.75, 3.05) is 25.0 Å². The van der Waals surface area contributed by atoms with Crippen LogP contribution in [0.25, 0.3) is 0 Å². The molecule has 25 heavy (non-hydrogen) atoms. The number of nitrogens with one attached hydrogen (secondary N) is 2. The van der Waals surface area contributed by atoms with Crippen molar-refractivity contribution >= 4 is 17.4 Å². The average Bonchev–Trinajstić information content (AvgIpc) is 3.13. The third-order valence-corrected chi connectivity index (χ3v) is 5.02. The lowest BCUT2D eigenvalue weighted by Crippen LogP contribution is -2.47. The van der Waals surface area contributed by atoms with Gasteiger partial charge in [-0.2, -0.15) is 0 Å². The predicted molar refractivity (Wildman–Crippen MR) is 98.8 cm³/mol. The van der Waals surface area contributed by atoms with Crippen LogP contribution in [-0.2, 0) is 0 Å². The first-order valence-corrected chi connectivity index (χ1v) is 9.09. The van der Waals surface area contributed by atoms with Crippen LogP contribution in [0, 0.1) is 16.0 Å². The van der Waals surface area contributed by atoms with Crippen molar-refractivity contribution in [1.29, 1.82) is 0 Å². The zero-order chi connectivity index (χ0) is 18.2. The lowest BCUT2D eigenvalue weighted by Gasteiger charge is -2.33. The summed E-state index contributed by atoms with van der Waals surface area (Å²) >= 11 is 0. The van der Waals surface area contributed by atoms with Crippen LogP contribution in [0.3, 0.4) is 0 Å². The molecule has 1 atom stereocenters. The summed E-state index contributed by atoms with van der Waals surface area (Å²) in [7, 11) is 0. The highest BCUT2D eigenvalue weighted by molar-refractivity contribution is 5.91. The fourth-order valence-electron chi connectivity index (χ4n) is 3.60. The van der Waals surface area contributed by atoms with Crippen LogP contribution in [0.1, 0.15) is 39.5 Å². The number of para-hydroxylation sites is 2. The highest BCUT2D eigenvalue weighted by atomic mass is 16.6. The zero-order valence-corrected chi connectivity index (χ0v) is 15.0. The molecule has 0 bridgehead atoms. The third-order valence-electron chi connectivity index (χ3n) is 5.02. The van der Waals surface area contributed by atoms with Gasteiger partial charge < -0.3 is 10.6 Å². The number of carbonyl (C=O) groups excluding carboxylic acids is 1. The number of hydrogen-bond acceptors (Lipinski definition) is 4. The SMILES string of the molecule is CCC(CC)[C@@H](CNC(=O)Nc1ccccc1[N+](=O)[O-])N1CCCC1. The van der Waals surface area contributed by atoms with Gasteiger partial charge in [-0.25, -0.2) is 4.79 Å². The number of amides is 2. The van der Waals surface area contributed by atoms with Crippen molar-refractivity contribution in [2.24, 2.45) is 5.92 Å². The summed E-state index contributed by atoms with van der Waals surface area (Å²) in [5.41, 5.74) is 0.110. The normalized spacial score (nSPS) is 16.0. The Labute approximate surface area is 148 Å². The van der Waals surface area contributed by atoms with Crippen LogP contribution in [0.2, 0.25) is 0 Å².